The zero-order valence-corrected chi connectivity index (χ0v) is 10.2. The molecule has 3 N–H and O–H groups in total. The second-order valence-corrected chi connectivity index (χ2v) is 5.10. The van der Waals surface area contributed by atoms with E-state index in [-0.39, 0.29) is 5.56 Å². The van der Waals surface area contributed by atoms with E-state index in [1.165, 1.54) is 0 Å². The summed E-state index contributed by atoms with van der Waals surface area (Å²) in [6, 6.07) is 8.02. The Balaban J connectivity index is 2.07. The van der Waals surface area contributed by atoms with E-state index < -0.39 is 0 Å². The van der Waals surface area contributed by atoms with Crippen molar-refractivity contribution in [3.63, 3.8) is 0 Å². The number of fused-ring (bicyclic) bond motifs is 1. The van der Waals surface area contributed by atoms with E-state index in [0.717, 1.165) is 42.1 Å². The standard InChI is InChI=1S/C14H17N3O/c15-10-7-5-9(6-8-10)13-11-3-1-2-4-12(11)14(18)17-16-13/h1-4,9-10H,5-8,15H2,(H,17,18)/t9-,10+. The third kappa shape index (κ3) is 1.93. The fourth-order valence-electron chi connectivity index (χ4n) is 2.84. The monoisotopic (exact) mass is 243 g/mol. The van der Waals surface area contributed by atoms with Crippen LogP contribution in [0.1, 0.15) is 37.3 Å². The largest absolute Gasteiger partial charge is 0.328 e. The minimum atomic E-state index is -0.109. The molecule has 0 aliphatic heterocycles. The molecule has 1 aromatic carbocycles. The third-order valence-corrected chi connectivity index (χ3v) is 3.88. The van der Waals surface area contributed by atoms with Gasteiger partial charge in [-0.05, 0) is 31.7 Å². The van der Waals surface area contributed by atoms with Gasteiger partial charge in [0.15, 0.2) is 0 Å². The average Bonchev–Trinajstić information content (AvgIpc) is 2.41. The van der Waals surface area contributed by atoms with E-state index in [1.807, 2.05) is 24.3 Å². The van der Waals surface area contributed by atoms with E-state index in [9.17, 15) is 4.79 Å². The predicted octanol–water partition coefficient (Wildman–Crippen LogP) is 1.91. The van der Waals surface area contributed by atoms with Crippen LogP contribution in [-0.4, -0.2) is 16.2 Å². The van der Waals surface area contributed by atoms with Crippen LogP contribution in [0.2, 0.25) is 0 Å². The van der Waals surface area contributed by atoms with Gasteiger partial charge in [-0.15, -0.1) is 0 Å². The molecule has 0 atom stereocenters. The maximum Gasteiger partial charge on any atom is 0.272 e. The topological polar surface area (TPSA) is 71.8 Å². The molecule has 94 valence electrons. The highest BCUT2D eigenvalue weighted by Crippen LogP contribution is 2.33. The van der Waals surface area contributed by atoms with Crippen molar-refractivity contribution in [2.45, 2.75) is 37.6 Å². The number of hydrogen-bond acceptors (Lipinski definition) is 3. The Kier molecular flexibility index (Phi) is 2.88. The maximum absolute atomic E-state index is 11.7. The number of benzene rings is 1. The Hall–Kier alpha value is -1.68. The average molecular weight is 243 g/mol. The van der Waals surface area contributed by atoms with Gasteiger partial charge in [0.05, 0.1) is 11.1 Å². The summed E-state index contributed by atoms with van der Waals surface area (Å²) in [4.78, 5) is 11.7. The molecule has 1 aromatic heterocycles. The van der Waals surface area contributed by atoms with Crippen LogP contribution >= 0.6 is 0 Å². The van der Waals surface area contributed by atoms with Gasteiger partial charge in [-0.3, -0.25) is 4.79 Å². The zero-order valence-electron chi connectivity index (χ0n) is 10.2. The Morgan fingerprint density at radius 3 is 2.50 bits per heavy atom. The number of hydrogen-bond donors (Lipinski definition) is 2. The number of H-pyrrole nitrogens is 1. The first-order valence-electron chi connectivity index (χ1n) is 6.48. The van der Waals surface area contributed by atoms with Crippen LogP contribution in [-0.2, 0) is 0 Å². The predicted molar refractivity (Wildman–Crippen MR) is 71.5 cm³/mol. The lowest BCUT2D eigenvalue weighted by atomic mass is 9.83. The molecule has 1 heterocycles. The lowest BCUT2D eigenvalue weighted by Gasteiger charge is -2.26. The molecule has 0 spiro atoms. The Labute approximate surface area is 105 Å². The van der Waals surface area contributed by atoms with Gasteiger partial charge in [0.1, 0.15) is 0 Å². The Morgan fingerprint density at radius 2 is 1.78 bits per heavy atom. The summed E-state index contributed by atoms with van der Waals surface area (Å²) in [7, 11) is 0. The van der Waals surface area contributed by atoms with E-state index in [2.05, 4.69) is 10.2 Å². The second kappa shape index (κ2) is 4.53. The van der Waals surface area contributed by atoms with Gasteiger partial charge in [-0.1, -0.05) is 18.2 Å². The van der Waals surface area contributed by atoms with Gasteiger partial charge in [0.2, 0.25) is 0 Å². The lowest BCUT2D eigenvalue weighted by molar-refractivity contribution is 0.390. The van der Waals surface area contributed by atoms with Crippen molar-refractivity contribution in [1.82, 2.24) is 10.2 Å². The van der Waals surface area contributed by atoms with Crippen molar-refractivity contribution in [3.8, 4) is 0 Å². The van der Waals surface area contributed by atoms with Crippen molar-refractivity contribution in [3.05, 3.63) is 40.3 Å². The summed E-state index contributed by atoms with van der Waals surface area (Å²) in [6.45, 7) is 0. The second-order valence-electron chi connectivity index (χ2n) is 5.10. The van der Waals surface area contributed by atoms with Crippen LogP contribution in [0, 0.1) is 0 Å². The highest BCUT2D eigenvalue weighted by atomic mass is 16.1. The van der Waals surface area contributed by atoms with E-state index >= 15 is 0 Å². The Morgan fingerprint density at radius 1 is 1.11 bits per heavy atom. The van der Waals surface area contributed by atoms with Crippen LogP contribution < -0.4 is 11.3 Å². The fraction of sp³-hybridized carbons (Fsp3) is 0.429. The molecule has 1 aliphatic carbocycles. The molecule has 4 heteroatoms. The van der Waals surface area contributed by atoms with Gasteiger partial charge >= 0.3 is 0 Å². The molecule has 0 unspecified atom stereocenters. The van der Waals surface area contributed by atoms with E-state index in [0.29, 0.717) is 12.0 Å². The lowest BCUT2D eigenvalue weighted by Crippen LogP contribution is -2.26. The number of nitrogens with one attached hydrogen (secondary N) is 1. The highest BCUT2D eigenvalue weighted by molar-refractivity contribution is 5.83. The molecular weight excluding hydrogens is 226 g/mol. The van der Waals surface area contributed by atoms with Crippen LogP contribution in [0.15, 0.2) is 29.1 Å². The van der Waals surface area contributed by atoms with Crippen LogP contribution in [0.25, 0.3) is 10.8 Å². The first-order chi connectivity index (χ1) is 8.75. The molecule has 0 radical (unpaired) electrons. The van der Waals surface area contributed by atoms with Crippen molar-refractivity contribution < 1.29 is 0 Å². The number of nitrogens with two attached hydrogens (primary N) is 1. The van der Waals surface area contributed by atoms with Crippen molar-refractivity contribution >= 4 is 10.8 Å². The SMILES string of the molecule is N[C@H]1CC[C@@H](c2n[nH]c(=O)c3ccccc32)CC1. The highest BCUT2D eigenvalue weighted by Gasteiger charge is 2.23. The van der Waals surface area contributed by atoms with Gasteiger partial charge in [0, 0.05) is 17.3 Å². The number of aromatic amines is 1. The summed E-state index contributed by atoms with van der Waals surface area (Å²) < 4.78 is 0. The fourth-order valence-corrected chi connectivity index (χ4v) is 2.84. The number of nitrogens with zero attached hydrogens (tertiary/aromatic N) is 1. The molecule has 0 amide bonds. The molecule has 3 rings (SSSR count). The molecule has 2 aromatic rings. The molecular formula is C14H17N3O. The van der Waals surface area contributed by atoms with Crippen LogP contribution in [0.3, 0.4) is 0 Å². The van der Waals surface area contributed by atoms with Gasteiger partial charge in [-0.2, -0.15) is 5.10 Å². The van der Waals surface area contributed by atoms with Crippen molar-refractivity contribution in [1.29, 1.82) is 0 Å². The van der Waals surface area contributed by atoms with Gasteiger partial charge < -0.3 is 5.73 Å². The molecule has 1 fully saturated rings. The van der Waals surface area contributed by atoms with Gasteiger partial charge in [-0.25, -0.2) is 5.10 Å². The smallest absolute Gasteiger partial charge is 0.272 e. The van der Waals surface area contributed by atoms with Crippen molar-refractivity contribution in [2.75, 3.05) is 0 Å². The van der Waals surface area contributed by atoms with Gasteiger partial charge in [0.25, 0.3) is 5.56 Å². The summed E-state index contributed by atoms with van der Waals surface area (Å²) in [5, 5.41) is 8.61. The molecule has 1 aliphatic rings. The van der Waals surface area contributed by atoms with Crippen LogP contribution in [0.4, 0.5) is 0 Å². The van der Waals surface area contributed by atoms with E-state index in [4.69, 9.17) is 5.73 Å². The van der Waals surface area contributed by atoms with Crippen molar-refractivity contribution in [2.24, 2.45) is 5.73 Å². The minimum absolute atomic E-state index is 0.109. The normalized spacial score (nSPS) is 24.3. The first-order valence-corrected chi connectivity index (χ1v) is 6.48. The summed E-state index contributed by atoms with van der Waals surface area (Å²) in [5.41, 5.74) is 6.85. The third-order valence-electron chi connectivity index (χ3n) is 3.88. The molecule has 18 heavy (non-hydrogen) atoms. The maximum atomic E-state index is 11.7. The number of rotatable bonds is 1. The minimum Gasteiger partial charge on any atom is -0.328 e. The molecule has 1 saturated carbocycles. The molecule has 4 nitrogen and oxygen atoms in total. The summed E-state index contributed by atoms with van der Waals surface area (Å²) in [6.07, 6.45) is 4.20. The Bertz CT molecular complexity index is 612. The van der Waals surface area contributed by atoms with E-state index in [1.54, 1.807) is 0 Å². The first kappa shape index (κ1) is 11.4. The summed E-state index contributed by atoms with van der Waals surface area (Å²) in [5.74, 6) is 0.423. The molecule has 0 bridgehead atoms. The number of aromatic nitrogens is 2. The van der Waals surface area contributed by atoms with Crippen LogP contribution in [0.5, 0.6) is 0 Å². The summed E-state index contributed by atoms with van der Waals surface area (Å²) >= 11 is 0. The molecule has 0 saturated heterocycles. The zero-order chi connectivity index (χ0) is 12.5. The quantitative estimate of drug-likeness (QED) is 0.803.